The number of aryl methyl sites for hydroxylation is 1. The predicted molar refractivity (Wildman–Crippen MR) is 123 cm³/mol. The Morgan fingerprint density at radius 2 is 1.94 bits per heavy atom. The van der Waals surface area contributed by atoms with E-state index in [9.17, 15) is 0 Å². The van der Waals surface area contributed by atoms with E-state index in [-0.39, 0.29) is 0 Å². The topological polar surface area (TPSA) is 75.0 Å². The predicted octanol–water partition coefficient (Wildman–Crippen LogP) is 3.49. The summed E-state index contributed by atoms with van der Waals surface area (Å²) in [6.07, 6.45) is 7.33. The van der Waals surface area contributed by atoms with Crippen LogP contribution in [0.3, 0.4) is 0 Å². The Morgan fingerprint density at radius 1 is 1.03 bits per heavy atom. The molecule has 1 saturated heterocycles. The fourth-order valence-electron chi connectivity index (χ4n) is 3.85. The van der Waals surface area contributed by atoms with E-state index >= 15 is 0 Å². The van der Waals surface area contributed by atoms with Crippen LogP contribution in [0.1, 0.15) is 11.3 Å². The highest BCUT2D eigenvalue weighted by molar-refractivity contribution is 7.13. The molecule has 0 aliphatic carbocycles. The Bertz CT molecular complexity index is 1120. The second kappa shape index (κ2) is 8.83. The Labute approximate surface area is 185 Å². The van der Waals surface area contributed by atoms with Crippen LogP contribution < -0.4 is 10.2 Å². The van der Waals surface area contributed by atoms with E-state index in [0.29, 0.717) is 0 Å². The molecule has 1 N–H and O–H groups in total. The molecule has 0 saturated carbocycles. The molecule has 8 nitrogen and oxygen atoms in total. The second-order valence-electron chi connectivity index (χ2n) is 7.50. The van der Waals surface area contributed by atoms with E-state index < -0.39 is 0 Å². The molecule has 1 aliphatic heterocycles. The molecule has 31 heavy (non-hydrogen) atoms. The molecule has 5 rings (SSSR count). The van der Waals surface area contributed by atoms with Crippen LogP contribution in [0.15, 0.2) is 60.5 Å². The van der Waals surface area contributed by atoms with Crippen LogP contribution in [0.5, 0.6) is 0 Å². The van der Waals surface area contributed by atoms with Crippen molar-refractivity contribution < 1.29 is 0 Å². The third-order valence-corrected chi connectivity index (χ3v) is 6.08. The van der Waals surface area contributed by atoms with Crippen LogP contribution in [0, 0.1) is 6.92 Å². The summed E-state index contributed by atoms with van der Waals surface area (Å²) in [5, 5.41) is 10.3. The summed E-state index contributed by atoms with van der Waals surface area (Å²) < 4.78 is 1.79. The molecular weight excluding hydrogens is 408 g/mol. The summed E-state index contributed by atoms with van der Waals surface area (Å²) >= 11 is 1.57. The van der Waals surface area contributed by atoms with Gasteiger partial charge in [0.15, 0.2) is 10.9 Å². The number of nitrogens with zero attached hydrogens (tertiary/aromatic N) is 7. The maximum Gasteiger partial charge on any atom is 0.188 e. The van der Waals surface area contributed by atoms with Gasteiger partial charge in [-0.15, -0.1) is 11.3 Å². The molecule has 158 valence electrons. The summed E-state index contributed by atoms with van der Waals surface area (Å²) in [5.41, 5.74) is 3.49. The minimum Gasteiger partial charge on any atom is -0.368 e. The van der Waals surface area contributed by atoms with Crippen molar-refractivity contribution in [3.05, 3.63) is 71.8 Å². The van der Waals surface area contributed by atoms with Crippen LogP contribution in [0.25, 0.3) is 5.82 Å². The first-order chi connectivity index (χ1) is 15.2. The van der Waals surface area contributed by atoms with Crippen molar-refractivity contribution in [3.8, 4) is 5.82 Å². The zero-order chi connectivity index (χ0) is 21.0. The Balaban J connectivity index is 1.19. The molecule has 1 fully saturated rings. The molecule has 4 aromatic heterocycles. The average Bonchev–Trinajstić information content (AvgIpc) is 3.49. The zero-order valence-corrected chi connectivity index (χ0v) is 18.2. The number of rotatable bonds is 6. The van der Waals surface area contributed by atoms with Gasteiger partial charge in [0.25, 0.3) is 0 Å². The minimum atomic E-state index is 0.838. The molecule has 0 aromatic carbocycles. The van der Waals surface area contributed by atoms with Gasteiger partial charge in [0.05, 0.1) is 11.4 Å². The quantitative estimate of drug-likeness (QED) is 0.500. The molecule has 0 radical (unpaired) electrons. The summed E-state index contributed by atoms with van der Waals surface area (Å²) in [5.74, 6) is 1.69. The Morgan fingerprint density at radius 3 is 2.68 bits per heavy atom. The number of hydrogen-bond acceptors (Lipinski definition) is 8. The SMILES string of the molecule is Cc1nc(-n2cccn2)ccc1N1CCN(Cc2ccnc(Nc3nccs3)c2)CC1. The van der Waals surface area contributed by atoms with Gasteiger partial charge in [0.1, 0.15) is 5.82 Å². The number of piperazine rings is 1. The van der Waals surface area contributed by atoms with Crippen LogP contribution in [0.2, 0.25) is 0 Å². The summed E-state index contributed by atoms with van der Waals surface area (Å²) in [6, 6.07) is 10.3. The average molecular weight is 433 g/mol. The highest BCUT2D eigenvalue weighted by Crippen LogP contribution is 2.23. The summed E-state index contributed by atoms with van der Waals surface area (Å²) in [7, 11) is 0. The van der Waals surface area contributed by atoms with Gasteiger partial charge in [-0.25, -0.2) is 19.6 Å². The van der Waals surface area contributed by atoms with Gasteiger partial charge in [0.2, 0.25) is 0 Å². The number of anilines is 3. The number of nitrogens with one attached hydrogen (secondary N) is 1. The first-order valence-electron chi connectivity index (χ1n) is 10.3. The van der Waals surface area contributed by atoms with Gasteiger partial charge in [-0.3, -0.25) is 4.90 Å². The lowest BCUT2D eigenvalue weighted by molar-refractivity contribution is 0.249. The molecule has 5 heterocycles. The van der Waals surface area contributed by atoms with Crippen molar-refractivity contribution >= 4 is 28.0 Å². The third-order valence-electron chi connectivity index (χ3n) is 5.39. The van der Waals surface area contributed by atoms with Crippen LogP contribution in [0.4, 0.5) is 16.6 Å². The molecule has 0 unspecified atom stereocenters. The van der Waals surface area contributed by atoms with Crippen molar-refractivity contribution in [1.29, 1.82) is 0 Å². The van der Waals surface area contributed by atoms with Crippen LogP contribution in [-0.2, 0) is 6.54 Å². The molecule has 1 aliphatic rings. The first-order valence-corrected chi connectivity index (χ1v) is 11.2. The summed E-state index contributed by atoms with van der Waals surface area (Å²) in [4.78, 5) is 18.3. The monoisotopic (exact) mass is 432 g/mol. The minimum absolute atomic E-state index is 0.838. The smallest absolute Gasteiger partial charge is 0.188 e. The van der Waals surface area contributed by atoms with Gasteiger partial charge in [-0.05, 0) is 42.8 Å². The Hall–Kier alpha value is -3.30. The van der Waals surface area contributed by atoms with Crippen molar-refractivity contribution in [2.45, 2.75) is 13.5 Å². The first kappa shape index (κ1) is 19.7. The number of thiazole rings is 1. The van der Waals surface area contributed by atoms with E-state index in [0.717, 1.165) is 55.2 Å². The third kappa shape index (κ3) is 4.57. The normalized spacial score (nSPS) is 14.7. The molecule has 0 amide bonds. The van der Waals surface area contributed by atoms with E-state index in [2.05, 4.69) is 55.3 Å². The van der Waals surface area contributed by atoms with Gasteiger partial charge in [0, 0.05) is 62.9 Å². The highest BCUT2D eigenvalue weighted by atomic mass is 32.1. The largest absolute Gasteiger partial charge is 0.368 e. The number of hydrogen-bond donors (Lipinski definition) is 1. The van der Waals surface area contributed by atoms with Gasteiger partial charge in [-0.2, -0.15) is 5.10 Å². The second-order valence-corrected chi connectivity index (χ2v) is 8.39. The van der Waals surface area contributed by atoms with Gasteiger partial charge in [-0.1, -0.05) is 0 Å². The standard InChI is InChI=1S/C22H24N8S/c1-17-19(3-4-21(26-17)30-9-2-6-25-30)29-12-10-28(11-13-29)16-18-5-7-23-20(15-18)27-22-24-8-14-31-22/h2-9,14-15H,10-13,16H2,1H3,(H,23,24,27). The molecule has 9 heteroatoms. The van der Waals surface area contributed by atoms with Crippen molar-refractivity contribution in [2.75, 3.05) is 36.4 Å². The van der Waals surface area contributed by atoms with Crippen LogP contribution >= 0.6 is 11.3 Å². The fourth-order valence-corrected chi connectivity index (χ4v) is 4.38. The summed E-state index contributed by atoms with van der Waals surface area (Å²) in [6.45, 7) is 6.98. The molecular formula is C22H24N8S. The van der Waals surface area contributed by atoms with Crippen molar-refractivity contribution in [1.82, 2.24) is 29.6 Å². The molecule has 4 aromatic rings. The van der Waals surface area contributed by atoms with Crippen molar-refractivity contribution in [3.63, 3.8) is 0 Å². The number of aromatic nitrogens is 5. The zero-order valence-electron chi connectivity index (χ0n) is 17.3. The van der Waals surface area contributed by atoms with Crippen molar-refractivity contribution in [2.24, 2.45) is 0 Å². The highest BCUT2D eigenvalue weighted by Gasteiger charge is 2.19. The molecule has 0 spiro atoms. The van der Waals surface area contributed by atoms with E-state index in [4.69, 9.17) is 4.98 Å². The lowest BCUT2D eigenvalue weighted by Crippen LogP contribution is -2.46. The fraction of sp³-hybridized carbons (Fsp3) is 0.273. The maximum absolute atomic E-state index is 4.74. The van der Waals surface area contributed by atoms with E-state index in [1.807, 2.05) is 29.9 Å². The number of pyridine rings is 2. The molecule has 0 atom stereocenters. The Kier molecular flexibility index (Phi) is 5.59. The lowest BCUT2D eigenvalue weighted by atomic mass is 10.2. The van der Waals surface area contributed by atoms with Gasteiger partial charge >= 0.3 is 0 Å². The van der Waals surface area contributed by atoms with Gasteiger partial charge < -0.3 is 10.2 Å². The van der Waals surface area contributed by atoms with E-state index in [1.165, 1.54) is 11.3 Å². The van der Waals surface area contributed by atoms with E-state index in [1.54, 1.807) is 28.4 Å². The molecule has 0 bridgehead atoms. The van der Waals surface area contributed by atoms with Crippen LogP contribution in [-0.4, -0.2) is 55.8 Å². The maximum atomic E-state index is 4.74. The lowest BCUT2D eigenvalue weighted by Gasteiger charge is -2.36.